The fourth-order valence-corrected chi connectivity index (χ4v) is 3.98. The van der Waals surface area contributed by atoms with Crippen LogP contribution >= 0.6 is 11.6 Å². The average molecular weight is 443 g/mol. The molecule has 0 bridgehead atoms. The number of hydrogen-bond acceptors (Lipinski definition) is 3. The normalized spacial score (nSPS) is 11.2. The van der Waals surface area contributed by atoms with E-state index in [1.54, 1.807) is 35.0 Å². The van der Waals surface area contributed by atoms with Gasteiger partial charge in [-0.15, -0.1) is 0 Å². The highest BCUT2D eigenvalue weighted by atomic mass is 35.5. The summed E-state index contributed by atoms with van der Waals surface area (Å²) in [4.78, 5) is 31.0. The van der Waals surface area contributed by atoms with E-state index < -0.39 is 0 Å². The van der Waals surface area contributed by atoms with Gasteiger partial charge in [-0.25, -0.2) is 4.98 Å². The summed E-state index contributed by atoms with van der Waals surface area (Å²) in [5, 5.41) is 3.91. The Morgan fingerprint density at radius 3 is 2.53 bits per heavy atom. The molecular formula is C25H19ClN4O2. The molecule has 0 unspecified atom stereocenters. The summed E-state index contributed by atoms with van der Waals surface area (Å²) >= 11 is 6.23. The topological polar surface area (TPSA) is 68.4 Å². The summed E-state index contributed by atoms with van der Waals surface area (Å²) in [7, 11) is 0. The third kappa shape index (κ3) is 3.65. The van der Waals surface area contributed by atoms with Crippen molar-refractivity contribution in [3.63, 3.8) is 0 Å². The van der Waals surface area contributed by atoms with Crippen molar-refractivity contribution in [3.05, 3.63) is 117 Å². The molecule has 32 heavy (non-hydrogen) atoms. The molecule has 1 N–H and O–H groups in total. The largest absolute Gasteiger partial charge is 0.347 e. The van der Waals surface area contributed by atoms with Gasteiger partial charge in [0.25, 0.3) is 11.5 Å². The number of carbonyl (C=O) groups is 1. The smallest absolute Gasteiger partial charge is 0.268 e. The lowest BCUT2D eigenvalue weighted by molar-refractivity contribution is 0.0942. The number of carbonyl (C=O) groups excluding carboxylic acids is 1. The van der Waals surface area contributed by atoms with Crippen molar-refractivity contribution in [2.75, 3.05) is 0 Å². The van der Waals surface area contributed by atoms with Crippen LogP contribution < -0.4 is 10.9 Å². The van der Waals surface area contributed by atoms with Gasteiger partial charge in [0.05, 0.1) is 5.39 Å². The van der Waals surface area contributed by atoms with Crippen LogP contribution in [0.3, 0.4) is 0 Å². The Kier molecular flexibility index (Phi) is 5.21. The van der Waals surface area contributed by atoms with E-state index >= 15 is 0 Å². The molecule has 3 aromatic heterocycles. The molecule has 0 aliphatic heterocycles. The summed E-state index contributed by atoms with van der Waals surface area (Å²) in [6.07, 6.45) is 1.68. The van der Waals surface area contributed by atoms with Gasteiger partial charge in [-0.05, 0) is 35.4 Å². The molecule has 1 amide bonds. The molecule has 158 valence electrons. The van der Waals surface area contributed by atoms with E-state index in [1.165, 1.54) is 4.40 Å². The van der Waals surface area contributed by atoms with Crippen LogP contribution in [0.5, 0.6) is 0 Å². The molecule has 0 radical (unpaired) electrons. The first-order valence-corrected chi connectivity index (χ1v) is 10.6. The number of rotatable bonds is 5. The van der Waals surface area contributed by atoms with Gasteiger partial charge in [0.1, 0.15) is 17.0 Å². The quantitative estimate of drug-likeness (QED) is 0.441. The van der Waals surface area contributed by atoms with Crippen LogP contribution in [0.15, 0.2) is 89.9 Å². The summed E-state index contributed by atoms with van der Waals surface area (Å²) in [5.74, 6) is -0.299. The molecule has 5 rings (SSSR count). The second-order valence-corrected chi connectivity index (χ2v) is 7.87. The van der Waals surface area contributed by atoms with Gasteiger partial charge in [-0.3, -0.25) is 14.0 Å². The number of aromatic nitrogens is 3. The maximum Gasteiger partial charge on any atom is 0.268 e. The molecule has 0 saturated carbocycles. The molecule has 2 aromatic carbocycles. The van der Waals surface area contributed by atoms with Crippen LogP contribution in [0.1, 0.15) is 21.6 Å². The maximum absolute atomic E-state index is 13.2. The molecule has 0 saturated heterocycles. The van der Waals surface area contributed by atoms with Gasteiger partial charge >= 0.3 is 0 Å². The number of halogens is 1. The molecule has 6 nitrogen and oxygen atoms in total. The summed E-state index contributed by atoms with van der Waals surface area (Å²) in [5.41, 5.74) is 2.99. The molecule has 5 aromatic rings. The van der Waals surface area contributed by atoms with Gasteiger partial charge in [-0.1, -0.05) is 66.2 Å². The van der Waals surface area contributed by atoms with E-state index in [0.717, 1.165) is 11.1 Å². The highest BCUT2D eigenvalue weighted by Gasteiger charge is 2.20. The van der Waals surface area contributed by atoms with E-state index in [2.05, 4.69) is 5.32 Å². The number of fused-ring (bicyclic) bond motifs is 2. The highest BCUT2D eigenvalue weighted by molar-refractivity contribution is 6.31. The van der Waals surface area contributed by atoms with Crippen molar-refractivity contribution in [1.29, 1.82) is 0 Å². The van der Waals surface area contributed by atoms with E-state index in [1.807, 2.05) is 54.6 Å². The van der Waals surface area contributed by atoms with Crippen LogP contribution in [0.25, 0.3) is 16.7 Å². The van der Waals surface area contributed by atoms with Gasteiger partial charge in [-0.2, -0.15) is 0 Å². The molecule has 7 heteroatoms. The van der Waals surface area contributed by atoms with Crippen LogP contribution in [-0.2, 0) is 13.1 Å². The summed E-state index contributed by atoms with van der Waals surface area (Å²) in [6.45, 7) is 0.689. The third-order valence-corrected chi connectivity index (χ3v) is 5.76. The second kappa shape index (κ2) is 8.32. The number of nitrogens with zero attached hydrogens (tertiary/aromatic N) is 3. The van der Waals surface area contributed by atoms with E-state index in [9.17, 15) is 9.59 Å². The van der Waals surface area contributed by atoms with Crippen molar-refractivity contribution in [2.45, 2.75) is 13.1 Å². The minimum Gasteiger partial charge on any atom is -0.347 e. The van der Waals surface area contributed by atoms with Crippen molar-refractivity contribution >= 4 is 34.2 Å². The van der Waals surface area contributed by atoms with Crippen LogP contribution in [0.4, 0.5) is 0 Å². The number of amides is 1. The summed E-state index contributed by atoms with van der Waals surface area (Å²) in [6, 6.07) is 24.1. The average Bonchev–Trinajstić information content (AvgIpc) is 3.18. The zero-order chi connectivity index (χ0) is 22.1. The van der Waals surface area contributed by atoms with Crippen LogP contribution in [0.2, 0.25) is 5.02 Å². The van der Waals surface area contributed by atoms with Gasteiger partial charge in [0, 0.05) is 24.3 Å². The molecule has 0 aliphatic rings. The number of nitrogens with one attached hydrogen (secondary N) is 1. The SMILES string of the molecule is O=C(NCc1ccccc1Cl)c1cc2c(=O)n3ccccc3nc2n1Cc1ccccc1. The Bertz CT molecular complexity index is 1510. The first kappa shape index (κ1) is 20.0. The lowest BCUT2D eigenvalue weighted by atomic mass is 10.2. The van der Waals surface area contributed by atoms with E-state index in [0.29, 0.717) is 33.9 Å². The second-order valence-electron chi connectivity index (χ2n) is 7.46. The first-order valence-electron chi connectivity index (χ1n) is 10.2. The maximum atomic E-state index is 13.2. The van der Waals surface area contributed by atoms with Crippen LogP contribution in [0, 0.1) is 0 Å². The van der Waals surface area contributed by atoms with Crippen molar-refractivity contribution in [3.8, 4) is 0 Å². The summed E-state index contributed by atoms with van der Waals surface area (Å²) < 4.78 is 3.28. The lowest BCUT2D eigenvalue weighted by Gasteiger charge is -2.12. The highest BCUT2D eigenvalue weighted by Crippen LogP contribution is 2.20. The van der Waals surface area contributed by atoms with Crippen molar-refractivity contribution in [1.82, 2.24) is 19.3 Å². The Morgan fingerprint density at radius 1 is 0.969 bits per heavy atom. The number of hydrogen-bond donors (Lipinski definition) is 1. The minimum absolute atomic E-state index is 0.211. The van der Waals surface area contributed by atoms with E-state index in [4.69, 9.17) is 16.6 Å². The Balaban J connectivity index is 1.61. The zero-order valence-corrected chi connectivity index (χ0v) is 17.8. The monoisotopic (exact) mass is 442 g/mol. The fourth-order valence-electron chi connectivity index (χ4n) is 3.77. The predicted molar refractivity (Wildman–Crippen MR) is 125 cm³/mol. The minimum atomic E-state index is -0.299. The fraction of sp³-hybridized carbons (Fsp3) is 0.0800. The molecule has 3 heterocycles. The van der Waals surface area contributed by atoms with Gasteiger partial charge in [0.15, 0.2) is 0 Å². The Hall–Kier alpha value is -3.90. The molecule has 0 aliphatic carbocycles. The van der Waals surface area contributed by atoms with Gasteiger partial charge in [0.2, 0.25) is 0 Å². The molecule has 0 fully saturated rings. The van der Waals surface area contributed by atoms with Crippen molar-refractivity contribution in [2.24, 2.45) is 0 Å². The standard InChI is InChI=1S/C25H19ClN4O2/c26-20-11-5-4-10-18(20)15-27-24(31)21-14-19-23(30(21)16-17-8-2-1-3-9-17)28-22-12-6-7-13-29(22)25(19)32/h1-14H,15-16H2,(H,27,31). The Morgan fingerprint density at radius 2 is 1.72 bits per heavy atom. The van der Waals surface area contributed by atoms with E-state index in [-0.39, 0.29) is 18.0 Å². The molecule has 0 atom stereocenters. The Labute approximate surface area is 188 Å². The van der Waals surface area contributed by atoms with Gasteiger partial charge < -0.3 is 9.88 Å². The molecular weight excluding hydrogens is 424 g/mol. The zero-order valence-electron chi connectivity index (χ0n) is 17.0. The molecule has 0 spiro atoms. The lowest BCUT2D eigenvalue weighted by Crippen LogP contribution is -2.26. The number of pyridine rings is 1. The predicted octanol–water partition coefficient (Wildman–Crippen LogP) is 4.28. The number of benzene rings is 2. The van der Waals surface area contributed by atoms with Crippen molar-refractivity contribution < 1.29 is 4.79 Å². The third-order valence-electron chi connectivity index (χ3n) is 5.39. The van der Waals surface area contributed by atoms with Crippen LogP contribution in [-0.4, -0.2) is 19.9 Å². The first-order chi connectivity index (χ1) is 15.6.